The van der Waals surface area contributed by atoms with Crippen LogP contribution in [0.3, 0.4) is 0 Å². The van der Waals surface area contributed by atoms with Crippen LogP contribution in [0.2, 0.25) is 0 Å². The lowest BCUT2D eigenvalue weighted by molar-refractivity contribution is -0.121. The molecule has 0 spiro atoms. The number of rotatable bonds is 11. The number of nitrogens with one attached hydrogen (secondary N) is 1. The second-order valence-corrected chi connectivity index (χ2v) is 6.50. The smallest absolute Gasteiger partial charge is 0.343 e. The van der Waals surface area contributed by atoms with Gasteiger partial charge in [-0.05, 0) is 49.2 Å². The third-order valence-corrected chi connectivity index (χ3v) is 4.14. The van der Waals surface area contributed by atoms with Crippen molar-refractivity contribution in [3.8, 4) is 11.5 Å². The number of nitrogens with zero attached hydrogens (tertiary/aromatic N) is 1. The first kappa shape index (κ1) is 22.1. The molecule has 6 nitrogen and oxygen atoms in total. The van der Waals surface area contributed by atoms with Crippen LogP contribution in [0.15, 0.2) is 53.6 Å². The quantitative estimate of drug-likeness (QED) is 0.196. The molecule has 0 aromatic heterocycles. The molecular weight excluding hydrogens is 368 g/mol. The zero-order valence-corrected chi connectivity index (χ0v) is 17.0. The van der Waals surface area contributed by atoms with Gasteiger partial charge in [-0.2, -0.15) is 5.10 Å². The summed E-state index contributed by atoms with van der Waals surface area (Å²) in [4.78, 5) is 24.0. The molecule has 0 aliphatic carbocycles. The average molecular weight is 396 g/mol. The minimum absolute atomic E-state index is 0.101. The van der Waals surface area contributed by atoms with Crippen molar-refractivity contribution >= 4 is 18.1 Å². The summed E-state index contributed by atoms with van der Waals surface area (Å²) in [6.07, 6.45) is 6.20. The van der Waals surface area contributed by atoms with E-state index in [1.165, 1.54) is 6.21 Å². The van der Waals surface area contributed by atoms with Gasteiger partial charge in [0.2, 0.25) is 5.91 Å². The molecule has 29 heavy (non-hydrogen) atoms. The van der Waals surface area contributed by atoms with Crippen LogP contribution in [0.25, 0.3) is 0 Å². The van der Waals surface area contributed by atoms with E-state index in [0.717, 1.165) is 31.2 Å². The summed E-state index contributed by atoms with van der Waals surface area (Å²) in [6, 6.07) is 13.9. The van der Waals surface area contributed by atoms with Crippen LogP contribution in [-0.2, 0) is 4.79 Å². The number of hydrogen-bond acceptors (Lipinski definition) is 5. The lowest BCUT2D eigenvalue weighted by Crippen LogP contribution is -2.16. The van der Waals surface area contributed by atoms with E-state index < -0.39 is 5.97 Å². The number of ether oxygens (including phenoxy) is 2. The molecule has 2 aromatic carbocycles. The number of unbranched alkanes of at least 4 members (excludes halogenated alkanes) is 3. The molecule has 0 bridgehead atoms. The van der Waals surface area contributed by atoms with Gasteiger partial charge in [0.05, 0.1) is 18.4 Å². The van der Waals surface area contributed by atoms with Gasteiger partial charge in [0.15, 0.2) is 11.5 Å². The molecule has 6 heteroatoms. The Labute approximate surface area is 171 Å². The van der Waals surface area contributed by atoms with Crippen molar-refractivity contribution in [3.63, 3.8) is 0 Å². The van der Waals surface area contributed by atoms with E-state index in [9.17, 15) is 9.59 Å². The van der Waals surface area contributed by atoms with Crippen molar-refractivity contribution in [1.29, 1.82) is 0 Å². The second-order valence-electron chi connectivity index (χ2n) is 6.50. The molecule has 1 N–H and O–H groups in total. The molecule has 0 unspecified atom stereocenters. The third kappa shape index (κ3) is 7.78. The lowest BCUT2D eigenvalue weighted by atomic mass is 10.1. The van der Waals surface area contributed by atoms with Gasteiger partial charge in [0.1, 0.15) is 0 Å². The van der Waals surface area contributed by atoms with Crippen molar-refractivity contribution in [1.82, 2.24) is 5.43 Å². The van der Waals surface area contributed by atoms with Gasteiger partial charge in [-0.1, -0.05) is 44.4 Å². The van der Waals surface area contributed by atoms with Gasteiger partial charge >= 0.3 is 5.97 Å². The highest BCUT2D eigenvalue weighted by Crippen LogP contribution is 2.28. The summed E-state index contributed by atoms with van der Waals surface area (Å²) in [5.41, 5.74) is 3.71. The number of carbonyl (C=O) groups is 2. The first-order valence-electron chi connectivity index (χ1n) is 10.00. The molecule has 0 saturated heterocycles. The van der Waals surface area contributed by atoms with Crippen LogP contribution in [0.4, 0.5) is 0 Å². The number of benzene rings is 2. The summed E-state index contributed by atoms with van der Waals surface area (Å²) in [5, 5.41) is 3.99. The molecule has 0 heterocycles. The molecule has 2 aromatic rings. The minimum atomic E-state index is -0.455. The molecule has 0 fully saturated rings. The number of amides is 1. The molecular formula is C23H28N2O4. The minimum Gasteiger partial charge on any atom is -0.490 e. The summed E-state index contributed by atoms with van der Waals surface area (Å²) < 4.78 is 11.1. The van der Waals surface area contributed by atoms with Crippen molar-refractivity contribution in [2.24, 2.45) is 5.10 Å². The van der Waals surface area contributed by atoms with Gasteiger partial charge in [0.25, 0.3) is 0 Å². The Hall–Kier alpha value is -3.15. The number of hydrogen-bond donors (Lipinski definition) is 1. The fourth-order valence-electron chi connectivity index (χ4n) is 2.64. The molecule has 1 amide bonds. The van der Waals surface area contributed by atoms with Crippen molar-refractivity contribution < 1.29 is 19.1 Å². The highest BCUT2D eigenvalue weighted by atomic mass is 16.6. The fourth-order valence-corrected chi connectivity index (χ4v) is 2.64. The first-order valence-corrected chi connectivity index (χ1v) is 10.00. The van der Waals surface area contributed by atoms with Crippen LogP contribution < -0.4 is 14.9 Å². The van der Waals surface area contributed by atoms with Crippen LogP contribution in [-0.4, -0.2) is 24.7 Å². The standard InChI is InChI=1S/C23H28N2O4/c1-3-5-6-10-13-22(26)25-24-17-18-14-15-20(21(16-18)28-4-2)29-23(27)19-11-8-7-9-12-19/h7-9,11-12,14-17H,3-6,10,13H2,1-2H3,(H,25,26)/b24-17+. The number of hydrazone groups is 1. The summed E-state index contributed by atoms with van der Waals surface area (Å²) in [6.45, 7) is 4.40. The maximum absolute atomic E-state index is 12.3. The predicted molar refractivity (Wildman–Crippen MR) is 114 cm³/mol. The Balaban J connectivity index is 1.97. The Morgan fingerprint density at radius 2 is 1.79 bits per heavy atom. The van der Waals surface area contributed by atoms with Gasteiger partial charge in [-0.15, -0.1) is 0 Å². The monoisotopic (exact) mass is 396 g/mol. The van der Waals surface area contributed by atoms with E-state index >= 15 is 0 Å². The van der Waals surface area contributed by atoms with E-state index in [2.05, 4.69) is 17.5 Å². The largest absolute Gasteiger partial charge is 0.490 e. The van der Waals surface area contributed by atoms with E-state index in [4.69, 9.17) is 9.47 Å². The van der Waals surface area contributed by atoms with E-state index in [-0.39, 0.29) is 5.91 Å². The van der Waals surface area contributed by atoms with Crippen LogP contribution in [0.1, 0.15) is 61.9 Å². The lowest BCUT2D eigenvalue weighted by Gasteiger charge is -2.11. The number of carbonyl (C=O) groups excluding carboxylic acids is 2. The average Bonchev–Trinajstić information content (AvgIpc) is 2.74. The van der Waals surface area contributed by atoms with Crippen molar-refractivity contribution in [2.45, 2.75) is 46.0 Å². The van der Waals surface area contributed by atoms with Crippen LogP contribution in [0.5, 0.6) is 11.5 Å². The van der Waals surface area contributed by atoms with E-state index in [0.29, 0.717) is 30.1 Å². The molecule has 0 aliphatic rings. The first-order chi connectivity index (χ1) is 14.1. The van der Waals surface area contributed by atoms with Crippen molar-refractivity contribution in [3.05, 3.63) is 59.7 Å². The van der Waals surface area contributed by atoms with Crippen LogP contribution >= 0.6 is 0 Å². The number of esters is 1. The third-order valence-electron chi connectivity index (χ3n) is 4.14. The Bertz CT molecular complexity index is 819. The molecule has 2 rings (SSSR count). The Morgan fingerprint density at radius 1 is 1.00 bits per heavy atom. The zero-order chi connectivity index (χ0) is 20.9. The fraction of sp³-hybridized carbons (Fsp3) is 0.348. The van der Waals surface area contributed by atoms with E-state index in [1.54, 1.807) is 42.5 Å². The molecule has 0 aliphatic heterocycles. The molecule has 0 radical (unpaired) electrons. The van der Waals surface area contributed by atoms with Gasteiger partial charge in [-0.25, -0.2) is 10.2 Å². The summed E-state index contributed by atoms with van der Waals surface area (Å²) in [5.74, 6) is 0.212. The molecule has 0 saturated carbocycles. The van der Waals surface area contributed by atoms with Crippen LogP contribution in [0, 0.1) is 0 Å². The molecule has 154 valence electrons. The normalized spacial score (nSPS) is 10.7. The zero-order valence-electron chi connectivity index (χ0n) is 17.0. The Kier molecular flexibility index (Phi) is 9.42. The highest BCUT2D eigenvalue weighted by molar-refractivity contribution is 5.91. The predicted octanol–water partition coefficient (Wildman–Crippen LogP) is 4.73. The van der Waals surface area contributed by atoms with Crippen molar-refractivity contribution in [2.75, 3.05) is 6.61 Å². The highest BCUT2D eigenvalue weighted by Gasteiger charge is 2.13. The SMILES string of the molecule is CCCCCCC(=O)N/N=C/c1ccc(OC(=O)c2ccccc2)c(OCC)c1. The molecule has 0 atom stereocenters. The van der Waals surface area contributed by atoms with Gasteiger partial charge in [-0.3, -0.25) is 4.79 Å². The van der Waals surface area contributed by atoms with E-state index in [1.807, 2.05) is 13.0 Å². The second kappa shape index (κ2) is 12.3. The Morgan fingerprint density at radius 3 is 2.52 bits per heavy atom. The maximum Gasteiger partial charge on any atom is 0.343 e. The van der Waals surface area contributed by atoms with Gasteiger partial charge in [0, 0.05) is 6.42 Å². The topological polar surface area (TPSA) is 77.0 Å². The summed E-state index contributed by atoms with van der Waals surface area (Å²) >= 11 is 0. The van der Waals surface area contributed by atoms with Gasteiger partial charge < -0.3 is 9.47 Å². The maximum atomic E-state index is 12.3. The summed E-state index contributed by atoms with van der Waals surface area (Å²) in [7, 11) is 0.